The quantitative estimate of drug-likeness (QED) is 0.646. The van der Waals surface area contributed by atoms with Crippen LogP contribution in [0, 0.1) is 5.41 Å². The molecule has 16 heavy (non-hydrogen) atoms. The van der Waals surface area contributed by atoms with Crippen LogP contribution in [0.25, 0.3) is 0 Å². The molecule has 0 heterocycles. The molecule has 0 amide bonds. The molecule has 90 valence electrons. The summed E-state index contributed by atoms with van der Waals surface area (Å²) in [5.41, 5.74) is 3.15. The van der Waals surface area contributed by atoms with Crippen molar-refractivity contribution in [1.82, 2.24) is 0 Å². The molecular formula is C14H20Br2. The second-order valence-electron chi connectivity index (χ2n) is 5.15. The first-order chi connectivity index (χ1) is 7.50. The Balaban J connectivity index is 2.75. The molecule has 0 radical (unpaired) electrons. The van der Waals surface area contributed by atoms with E-state index in [1.54, 1.807) is 0 Å². The highest BCUT2D eigenvalue weighted by molar-refractivity contribution is 9.09. The van der Waals surface area contributed by atoms with Crippen LogP contribution < -0.4 is 0 Å². The van der Waals surface area contributed by atoms with Crippen molar-refractivity contribution in [2.45, 2.75) is 33.1 Å². The molecule has 0 fully saturated rings. The Bertz CT molecular complexity index is 310. The third-order valence-electron chi connectivity index (χ3n) is 2.92. The lowest BCUT2D eigenvalue weighted by Crippen LogP contribution is -2.23. The molecule has 0 aliphatic heterocycles. The standard InChI is InChI=1S/C14H20Br2/c1-11(2)13-6-4-12(5-7-13)8-14(3,9-15)10-16/h4-7,11H,8-10H2,1-3H3. The maximum Gasteiger partial charge on any atom is 0.00965 e. The largest absolute Gasteiger partial charge is 0.0922 e. The van der Waals surface area contributed by atoms with Gasteiger partial charge in [0.2, 0.25) is 0 Å². The zero-order valence-electron chi connectivity index (χ0n) is 10.3. The predicted octanol–water partition coefficient (Wildman–Crippen LogP) is 5.15. The van der Waals surface area contributed by atoms with Gasteiger partial charge in [-0.05, 0) is 28.9 Å². The van der Waals surface area contributed by atoms with Crippen LogP contribution in [0.1, 0.15) is 37.8 Å². The smallest absolute Gasteiger partial charge is 0.00965 e. The highest BCUT2D eigenvalue weighted by Gasteiger charge is 2.21. The third-order valence-corrected chi connectivity index (χ3v) is 5.63. The topological polar surface area (TPSA) is 0 Å². The average Bonchev–Trinajstić information content (AvgIpc) is 2.29. The van der Waals surface area contributed by atoms with E-state index in [1.165, 1.54) is 11.1 Å². The Hall–Kier alpha value is 0.180. The Kier molecular flexibility index (Phi) is 5.52. The van der Waals surface area contributed by atoms with E-state index in [4.69, 9.17) is 0 Å². The van der Waals surface area contributed by atoms with Gasteiger partial charge in [0.1, 0.15) is 0 Å². The van der Waals surface area contributed by atoms with E-state index in [9.17, 15) is 0 Å². The predicted molar refractivity (Wildman–Crippen MR) is 79.9 cm³/mol. The van der Waals surface area contributed by atoms with E-state index < -0.39 is 0 Å². The lowest BCUT2D eigenvalue weighted by atomic mass is 9.87. The van der Waals surface area contributed by atoms with E-state index in [0.29, 0.717) is 11.3 Å². The zero-order chi connectivity index (χ0) is 12.2. The first-order valence-electron chi connectivity index (χ1n) is 5.71. The first-order valence-corrected chi connectivity index (χ1v) is 7.96. The van der Waals surface area contributed by atoms with E-state index in [0.717, 1.165) is 17.1 Å². The van der Waals surface area contributed by atoms with Gasteiger partial charge in [0.25, 0.3) is 0 Å². The van der Waals surface area contributed by atoms with Crippen LogP contribution in [-0.2, 0) is 6.42 Å². The summed E-state index contributed by atoms with van der Waals surface area (Å²) in [7, 11) is 0. The molecule has 0 unspecified atom stereocenters. The van der Waals surface area contributed by atoms with Crippen molar-refractivity contribution in [1.29, 1.82) is 0 Å². The van der Waals surface area contributed by atoms with Crippen molar-refractivity contribution >= 4 is 31.9 Å². The Morgan fingerprint density at radius 3 is 1.94 bits per heavy atom. The molecule has 0 N–H and O–H groups in total. The summed E-state index contributed by atoms with van der Waals surface area (Å²) < 4.78 is 0. The van der Waals surface area contributed by atoms with Gasteiger partial charge in [0.05, 0.1) is 0 Å². The van der Waals surface area contributed by atoms with Crippen molar-refractivity contribution in [2.75, 3.05) is 10.7 Å². The van der Waals surface area contributed by atoms with Gasteiger partial charge in [-0.25, -0.2) is 0 Å². The SMILES string of the molecule is CC(C)c1ccc(CC(C)(CBr)CBr)cc1. The minimum absolute atomic E-state index is 0.305. The normalized spacial score (nSPS) is 12.1. The maximum atomic E-state index is 3.60. The number of hydrogen-bond acceptors (Lipinski definition) is 0. The second-order valence-corrected chi connectivity index (χ2v) is 6.27. The van der Waals surface area contributed by atoms with Crippen LogP contribution in [0.3, 0.4) is 0 Å². The van der Waals surface area contributed by atoms with Crippen molar-refractivity contribution in [3.63, 3.8) is 0 Å². The van der Waals surface area contributed by atoms with Crippen molar-refractivity contribution in [3.8, 4) is 0 Å². The van der Waals surface area contributed by atoms with E-state index in [1.807, 2.05) is 0 Å². The molecule has 0 nitrogen and oxygen atoms in total. The van der Waals surface area contributed by atoms with Gasteiger partial charge in [-0.15, -0.1) is 0 Å². The third kappa shape index (κ3) is 3.89. The van der Waals surface area contributed by atoms with Crippen molar-refractivity contribution < 1.29 is 0 Å². The number of alkyl halides is 2. The van der Waals surface area contributed by atoms with Gasteiger partial charge in [-0.2, -0.15) is 0 Å². The summed E-state index contributed by atoms with van der Waals surface area (Å²) in [5.74, 6) is 0.618. The molecule has 0 aliphatic carbocycles. The van der Waals surface area contributed by atoms with Gasteiger partial charge in [-0.3, -0.25) is 0 Å². The van der Waals surface area contributed by atoms with Crippen LogP contribution >= 0.6 is 31.9 Å². The number of hydrogen-bond donors (Lipinski definition) is 0. The average molecular weight is 348 g/mol. The monoisotopic (exact) mass is 346 g/mol. The molecule has 0 spiro atoms. The fourth-order valence-corrected chi connectivity index (χ4v) is 2.97. The van der Waals surface area contributed by atoms with Crippen LogP contribution in [0.4, 0.5) is 0 Å². The fraction of sp³-hybridized carbons (Fsp3) is 0.571. The molecule has 0 saturated carbocycles. The van der Waals surface area contributed by atoms with Crippen LogP contribution in [0.15, 0.2) is 24.3 Å². The maximum absolute atomic E-state index is 3.60. The number of halogens is 2. The molecule has 1 rings (SSSR count). The summed E-state index contributed by atoms with van der Waals surface area (Å²) in [6.45, 7) is 6.76. The Morgan fingerprint density at radius 1 is 1.06 bits per heavy atom. The van der Waals surface area contributed by atoms with Gasteiger partial charge in [0, 0.05) is 10.7 Å². The summed E-state index contributed by atoms with van der Waals surface area (Å²) in [6.07, 6.45) is 1.11. The zero-order valence-corrected chi connectivity index (χ0v) is 13.4. The molecule has 1 aromatic carbocycles. The van der Waals surface area contributed by atoms with Crippen LogP contribution in [0.5, 0.6) is 0 Å². The molecule has 0 aromatic heterocycles. The lowest BCUT2D eigenvalue weighted by molar-refractivity contribution is 0.438. The first kappa shape index (κ1) is 14.2. The summed E-state index contributed by atoms with van der Waals surface area (Å²) in [6, 6.07) is 9.03. The highest BCUT2D eigenvalue weighted by atomic mass is 79.9. The van der Waals surface area contributed by atoms with Crippen molar-refractivity contribution in [2.24, 2.45) is 5.41 Å². The lowest BCUT2D eigenvalue weighted by Gasteiger charge is -2.24. The molecule has 0 atom stereocenters. The fourth-order valence-electron chi connectivity index (χ4n) is 1.64. The van der Waals surface area contributed by atoms with Gasteiger partial charge in [-0.1, -0.05) is 76.9 Å². The number of benzene rings is 1. The second kappa shape index (κ2) is 6.20. The number of rotatable bonds is 5. The Labute approximate surface area is 116 Å². The van der Waals surface area contributed by atoms with Crippen molar-refractivity contribution in [3.05, 3.63) is 35.4 Å². The highest BCUT2D eigenvalue weighted by Crippen LogP contribution is 2.28. The minimum atomic E-state index is 0.305. The van der Waals surface area contributed by atoms with E-state index in [2.05, 4.69) is 76.9 Å². The molecule has 2 heteroatoms. The molecule has 1 aromatic rings. The summed E-state index contributed by atoms with van der Waals surface area (Å²) >= 11 is 7.19. The minimum Gasteiger partial charge on any atom is -0.0922 e. The molecule has 0 aliphatic rings. The van der Waals surface area contributed by atoms with Gasteiger partial charge in [0.15, 0.2) is 0 Å². The van der Waals surface area contributed by atoms with Crippen LogP contribution in [-0.4, -0.2) is 10.7 Å². The van der Waals surface area contributed by atoms with E-state index in [-0.39, 0.29) is 0 Å². The summed E-state index contributed by atoms with van der Waals surface area (Å²) in [4.78, 5) is 0. The molecular weight excluding hydrogens is 328 g/mol. The van der Waals surface area contributed by atoms with Gasteiger partial charge < -0.3 is 0 Å². The van der Waals surface area contributed by atoms with Gasteiger partial charge >= 0.3 is 0 Å². The molecule has 0 bridgehead atoms. The molecule has 0 saturated heterocycles. The van der Waals surface area contributed by atoms with Crippen LogP contribution in [0.2, 0.25) is 0 Å². The summed E-state index contributed by atoms with van der Waals surface area (Å²) in [5, 5.41) is 2.05. The van der Waals surface area contributed by atoms with E-state index >= 15 is 0 Å². The Morgan fingerprint density at radius 2 is 1.56 bits per heavy atom.